The summed E-state index contributed by atoms with van der Waals surface area (Å²) in [7, 11) is 0. The fourth-order valence-corrected chi connectivity index (χ4v) is 0.749. The topological polar surface area (TPSA) is 24.1 Å². The van der Waals surface area contributed by atoms with E-state index in [2.05, 4.69) is 16.9 Å². The van der Waals surface area contributed by atoms with Crippen molar-refractivity contribution in [2.75, 3.05) is 6.54 Å². The molecule has 0 aliphatic carbocycles. The number of hydrazine groups is 1. The van der Waals surface area contributed by atoms with Gasteiger partial charge in [0.25, 0.3) is 0 Å². The van der Waals surface area contributed by atoms with Gasteiger partial charge in [0.1, 0.15) is 0 Å². The Morgan fingerprint density at radius 2 is 2.25 bits per heavy atom. The van der Waals surface area contributed by atoms with Gasteiger partial charge in [-0.05, 0) is 19.3 Å². The van der Waals surface area contributed by atoms with E-state index in [4.69, 9.17) is 0 Å². The summed E-state index contributed by atoms with van der Waals surface area (Å²) in [5.74, 6) is 0. The highest BCUT2D eigenvalue weighted by Gasteiger charge is 1.87. The van der Waals surface area contributed by atoms with Gasteiger partial charge in [-0.25, -0.2) is 5.43 Å². The van der Waals surface area contributed by atoms with Crippen molar-refractivity contribution < 1.29 is 0 Å². The molecule has 0 saturated heterocycles. The van der Waals surface area contributed by atoms with Crippen molar-refractivity contribution in [1.82, 2.24) is 10.9 Å². The Hall–Kier alpha value is -0.500. The van der Waals surface area contributed by atoms with Gasteiger partial charge in [-0.15, -0.1) is 0 Å². The van der Waals surface area contributed by atoms with E-state index in [1.165, 1.54) is 19.3 Å². The Bertz CT molecular complexity index is 68.6. The third-order valence-corrected chi connectivity index (χ3v) is 1.23. The van der Waals surface area contributed by atoms with E-state index in [9.17, 15) is 0 Å². The van der Waals surface area contributed by atoms with Crippen molar-refractivity contribution in [3.05, 3.63) is 12.3 Å². The number of hydrogen-bond acceptors (Lipinski definition) is 2. The van der Waals surface area contributed by atoms with E-state index in [1.807, 2.05) is 6.20 Å². The molecule has 0 unspecified atom stereocenters. The van der Waals surface area contributed by atoms with Crippen molar-refractivity contribution >= 4 is 0 Å². The summed E-state index contributed by atoms with van der Waals surface area (Å²) in [6, 6.07) is 0. The maximum atomic E-state index is 3.05. The molecule has 0 fully saturated rings. The first-order chi connectivity index (χ1) is 4.00. The van der Waals surface area contributed by atoms with Gasteiger partial charge in [0.15, 0.2) is 0 Å². The molecule has 1 aliphatic rings. The van der Waals surface area contributed by atoms with Crippen molar-refractivity contribution in [2.45, 2.75) is 19.3 Å². The monoisotopic (exact) mass is 112 g/mol. The van der Waals surface area contributed by atoms with E-state index in [0.717, 1.165) is 6.54 Å². The minimum atomic E-state index is 1.09. The summed E-state index contributed by atoms with van der Waals surface area (Å²) in [5.41, 5.74) is 6.01. The van der Waals surface area contributed by atoms with Gasteiger partial charge in [0.2, 0.25) is 0 Å². The minimum absolute atomic E-state index is 1.09. The molecule has 0 spiro atoms. The minimum Gasteiger partial charge on any atom is -0.329 e. The standard InChI is InChI=1S/C6H12N2/c1-2-4-6-8-7-5-3-1/h3,5,7-8H,1-2,4,6H2. The Morgan fingerprint density at radius 1 is 1.25 bits per heavy atom. The zero-order valence-corrected chi connectivity index (χ0v) is 4.98. The molecule has 46 valence electrons. The van der Waals surface area contributed by atoms with Crippen LogP contribution in [0, 0.1) is 0 Å². The van der Waals surface area contributed by atoms with Crippen molar-refractivity contribution in [1.29, 1.82) is 0 Å². The normalized spacial score (nSPS) is 21.0. The SMILES string of the molecule is C1=CNNCCCC1. The molecular weight excluding hydrogens is 100 g/mol. The summed E-state index contributed by atoms with van der Waals surface area (Å²) in [5, 5.41) is 0. The van der Waals surface area contributed by atoms with Crippen LogP contribution in [0.25, 0.3) is 0 Å². The van der Waals surface area contributed by atoms with Crippen LogP contribution in [0.3, 0.4) is 0 Å². The third kappa shape index (κ3) is 1.98. The summed E-state index contributed by atoms with van der Waals surface area (Å²) < 4.78 is 0. The number of allylic oxidation sites excluding steroid dienone is 1. The number of rotatable bonds is 0. The van der Waals surface area contributed by atoms with Crippen LogP contribution in [0.15, 0.2) is 12.3 Å². The molecule has 1 aliphatic heterocycles. The van der Waals surface area contributed by atoms with Crippen LogP contribution in [-0.2, 0) is 0 Å². The maximum absolute atomic E-state index is 3.05. The summed E-state index contributed by atoms with van der Waals surface area (Å²) in [4.78, 5) is 0. The van der Waals surface area contributed by atoms with Crippen LogP contribution < -0.4 is 10.9 Å². The second kappa shape index (κ2) is 3.50. The first kappa shape index (κ1) is 5.63. The van der Waals surface area contributed by atoms with E-state index in [-0.39, 0.29) is 0 Å². The average molecular weight is 112 g/mol. The van der Waals surface area contributed by atoms with Crippen LogP contribution in [0.2, 0.25) is 0 Å². The zero-order valence-electron chi connectivity index (χ0n) is 4.98. The molecule has 2 heteroatoms. The quantitative estimate of drug-likeness (QED) is 0.484. The van der Waals surface area contributed by atoms with Crippen molar-refractivity contribution in [3.8, 4) is 0 Å². The van der Waals surface area contributed by atoms with Crippen molar-refractivity contribution in [2.24, 2.45) is 0 Å². The first-order valence-electron chi connectivity index (χ1n) is 3.13. The van der Waals surface area contributed by atoms with Gasteiger partial charge in [-0.2, -0.15) is 0 Å². The molecule has 0 aromatic rings. The fourth-order valence-electron chi connectivity index (χ4n) is 0.749. The summed E-state index contributed by atoms with van der Waals surface area (Å²) >= 11 is 0. The smallest absolute Gasteiger partial charge is 0.0148 e. The molecule has 2 nitrogen and oxygen atoms in total. The molecule has 0 saturated carbocycles. The lowest BCUT2D eigenvalue weighted by Gasteiger charge is -2.05. The van der Waals surface area contributed by atoms with Gasteiger partial charge in [0.05, 0.1) is 0 Å². The lowest BCUT2D eigenvalue weighted by atomic mass is 10.2. The van der Waals surface area contributed by atoms with Crippen LogP contribution in [0.5, 0.6) is 0 Å². The molecule has 1 heterocycles. The lowest BCUT2D eigenvalue weighted by molar-refractivity contribution is 0.568. The summed E-state index contributed by atoms with van der Waals surface area (Å²) in [6.45, 7) is 1.09. The second-order valence-electron chi connectivity index (χ2n) is 1.97. The molecule has 0 bridgehead atoms. The van der Waals surface area contributed by atoms with Crippen LogP contribution in [-0.4, -0.2) is 6.54 Å². The number of nitrogens with one attached hydrogen (secondary N) is 2. The Labute approximate surface area is 49.9 Å². The molecular formula is C6H12N2. The molecule has 2 N–H and O–H groups in total. The van der Waals surface area contributed by atoms with Crippen LogP contribution >= 0.6 is 0 Å². The number of hydrogen-bond donors (Lipinski definition) is 2. The first-order valence-corrected chi connectivity index (χ1v) is 3.13. The molecule has 0 amide bonds. The van der Waals surface area contributed by atoms with Crippen molar-refractivity contribution in [3.63, 3.8) is 0 Å². The van der Waals surface area contributed by atoms with Gasteiger partial charge >= 0.3 is 0 Å². The maximum Gasteiger partial charge on any atom is 0.0148 e. The fraction of sp³-hybridized carbons (Fsp3) is 0.667. The average Bonchev–Trinajstić information content (AvgIpc) is 1.62. The Balaban J connectivity index is 2.17. The van der Waals surface area contributed by atoms with Gasteiger partial charge in [-0.1, -0.05) is 6.08 Å². The van der Waals surface area contributed by atoms with E-state index < -0.39 is 0 Å². The van der Waals surface area contributed by atoms with Gasteiger partial charge in [0, 0.05) is 12.7 Å². The third-order valence-electron chi connectivity index (χ3n) is 1.23. The molecule has 0 aromatic carbocycles. The predicted molar refractivity (Wildman–Crippen MR) is 34.1 cm³/mol. The Kier molecular flexibility index (Phi) is 2.46. The highest BCUT2D eigenvalue weighted by molar-refractivity contribution is 4.79. The molecule has 0 atom stereocenters. The van der Waals surface area contributed by atoms with Gasteiger partial charge < -0.3 is 5.43 Å². The van der Waals surface area contributed by atoms with E-state index in [1.54, 1.807) is 0 Å². The van der Waals surface area contributed by atoms with E-state index >= 15 is 0 Å². The highest BCUT2D eigenvalue weighted by Crippen LogP contribution is 1.95. The van der Waals surface area contributed by atoms with Crippen LogP contribution in [0.1, 0.15) is 19.3 Å². The molecule has 0 aromatic heterocycles. The zero-order chi connectivity index (χ0) is 5.66. The predicted octanol–water partition coefficient (Wildman–Crippen LogP) is 0.778. The second-order valence-corrected chi connectivity index (χ2v) is 1.97. The highest BCUT2D eigenvalue weighted by atomic mass is 15.3. The lowest BCUT2D eigenvalue weighted by Crippen LogP contribution is -2.28. The molecule has 8 heavy (non-hydrogen) atoms. The van der Waals surface area contributed by atoms with E-state index in [0.29, 0.717) is 0 Å². The largest absolute Gasteiger partial charge is 0.329 e. The van der Waals surface area contributed by atoms with Gasteiger partial charge in [-0.3, -0.25) is 0 Å². The molecule has 0 radical (unpaired) electrons. The summed E-state index contributed by atoms with van der Waals surface area (Å²) in [6.07, 6.45) is 7.91. The molecule has 1 rings (SSSR count). The van der Waals surface area contributed by atoms with Crippen LogP contribution in [0.4, 0.5) is 0 Å². The Morgan fingerprint density at radius 3 is 3.25 bits per heavy atom.